The lowest BCUT2D eigenvalue weighted by Crippen LogP contribution is -2.16. The summed E-state index contributed by atoms with van der Waals surface area (Å²) in [4.78, 5) is 27.1. The summed E-state index contributed by atoms with van der Waals surface area (Å²) in [7, 11) is 0. The molecular formula is C14H11BrN2O3. The number of aromatic carboxylic acids is 1. The predicted octanol–water partition coefficient (Wildman–Crippen LogP) is 3.10. The third kappa shape index (κ3) is 3.03. The molecule has 0 bridgehead atoms. The van der Waals surface area contributed by atoms with Crippen LogP contribution in [-0.4, -0.2) is 22.0 Å². The van der Waals surface area contributed by atoms with Crippen molar-refractivity contribution in [3.8, 4) is 0 Å². The van der Waals surface area contributed by atoms with E-state index in [9.17, 15) is 9.59 Å². The van der Waals surface area contributed by atoms with Crippen LogP contribution in [0.15, 0.2) is 41.1 Å². The highest BCUT2D eigenvalue weighted by molar-refractivity contribution is 9.10. The van der Waals surface area contributed by atoms with Gasteiger partial charge in [-0.1, -0.05) is 15.9 Å². The van der Waals surface area contributed by atoms with E-state index >= 15 is 0 Å². The Morgan fingerprint density at radius 2 is 2.00 bits per heavy atom. The van der Waals surface area contributed by atoms with E-state index in [-0.39, 0.29) is 17.2 Å². The van der Waals surface area contributed by atoms with Crippen LogP contribution in [0.1, 0.15) is 26.3 Å². The molecule has 0 fully saturated rings. The van der Waals surface area contributed by atoms with Crippen LogP contribution in [0, 0.1) is 6.92 Å². The van der Waals surface area contributed by atoms with Gasteiger partial charge in [-0.05, 0) is 36.8 Å². The first kappa shape index (κ1) is 14.2. The molecule has 0 saturated heterocycles. The number of hydrogen-bond acceptors (Lipinski definition) is 3. The van der Waals surface area contributed by atoms with Gasteiger partial charge in [0.25, 0.3) is 5.91 Å². The largest absolute Gasteiger partial charge is 0.478 e. The number of carboxylic acids is 1. The fourth-order valence-electron chi connectivity index (χ4n) is 1.75. The lowest BCUT2D eigenvalue weighted by molar-refractivity contribution is 0.0698. The molecule has 0 aliphatic heterocycles. The molecule has 2 N–H and O–H groups in total. The number of aromatic nitrogens is 1. The predicted molar refractivity (Wildman–Crippen MR) is 78.0 cm³/mol. The van der Waals surface area contributed by atoms with E-state index in [1.807, 2.05) is 6.07 Å². The molecule has 1 aromatic heterocycles. The van der Waals surface area contributed by atoms with E-state index in [0.717, 1.165) is 10.0 Å². The molecule has 5 nitrogen and oxygen atoms in total. The molecule has 1 aromatic carbocycles. The SMILES string of the molecule is Cc1cc(Br)ccc1C(=O)Nc1cnccc1C(=O)O. The Labute approximate surface area is 123 Å². The highest BCUT2D eigenvalue weighted by Crippen LogP contribution is 2.19. The number of rotatable bonds is 3. The van der Waals surface area contributed by atoms with Crippen molar-refractivity contribution in [2.24, 2.45) is 0 Å². The first-order valence-electron chi connectivity index (χ1n) is 5.74. The second-order valence-electron chi connectivity index (χ2n) is 4.14. The molecule has 0 spiro atoms. The van der Waals surface area contributed by atoms with Crippen LogP contribution >= 0.6 is 15.9 Å². The average molecular weight is 335 g/mol. The second-order valence-corrected chi connectivity index (χ2v) is 5.06. The monoisotopic (exact) mass is 334 g/mol. The zero-order chi connectivity index (χ0) is 14.7. The van der Waals surface area contributed by atoms with Gasteiger partial charge in [-0.3, -0.25) is 9.78 Å². The first-order chi connectivity index (χ1) is 9.49. The Bertz CT molecular complexity index is 686. The fraction of sp³-hybridized carbons (Fsp3) is 0.0714. The maximum Gasteiger partial charge on any atom is 0.337 e. The molecule has 102 valence electrons. The summed E-state index contributed by atoms with van der Waals surface area (Å²) < 4.78 is 0.874. The summed E-state index contributed by atoms with van der Waals surface area (Å²) in [6, 6.07) is 6.58. The van der Waals surface area contributed by atoms with E-state index < -0.39 is 5.97 Å². The average Bonchev–Trinajstić information content (AvgIpc) is 2.38. The molecule has 6 heteroatoms. The van der Waals surface area contributed by atoms with Gasteiger partial charge in [0, 0.05) is 16.2 Å². The van der Waals surface area contributed by atoms with E-state index in [0.29, 0.717) is 5.56 Å². The van der Waals surface area contributed by atoms with Crippen LogP contribution in [0.3, 0.4) is 0 Å². The smallest absolute Gasteiger partial charge is 0.337 e. The van der Waals surface area contributed by atoms with Gasteiger partial charge in [0.2, 0.25) is 0 Å². The minimum absolute atomic E-state index is 0.00288. The molecular weight excluding hydrogens is 324 g/mol. The van der Waals surface area contributed by atoms with Gasteiger partial charge >= 0.3 is 5.97 Å². The second kappa shape index (κ2) is 5.83. The minimum atomic E-state index is -1.12. The van der Waals surface area contributed by atoms with Gasteiger partial charge in [-0.25, -0.2) is 4.79 Å². The van der Waals surface area contributed by atoms with E-state index in [4.69, 9.17) is 5.11 Å². The Morgan fingerprint density at radius 1 is 1.25 bits per heavy atom. The maximum atomic E-state index is 12.2. The van der Waals surface area contributed by atoms with Crippen LogP contribution < -0.4 is 5.32 Å². The van der Waals surface area contributed by atoms with Crippen LogP contribution in [0.4, 0.5) is 5.69 Å². The number of benzene rings is 1. The van der Waals surface area contributed by atoms with Crippen molar-refractivity contribution in [1.82, 2.24) is 4.98 Å². The van der Waals surface area contributed by atoms with Gasteiger partial charge in [0.15, 0.2) is 0 Å². The number of halogens is 1. The van der Waals surface area contributed by atoms with E-state index in [2.05, 4.69) is 26.2 Å². The molecule has 0 unspecified atom stereocenters. The van der Waals surface area contributed by atoms with Gasteiger partial charge < -0.3 is 10.4 Å². The minimum Gasteiger partial charge on any atom is -0.478 e. The van der Waals surface area contributed by atoms with Gasteiger partial charge in [0.1, 0.15) is 0 Å². The number of pyridine rings is 1. The van der Waals surface area contributed by atoms with Crippen LogP contribution in [0.5, 0.6) is 0 Å². The van der Waals surface area contributed by atoms with Crippen LogP contribution in [0.2, 0.25) is 0 Å². The van der Waals surface area contributed by atoms with Crippen molar-refractivity contribution < 1.29 is 14.7 Å². The van der Waals surface area contributed by atoms with Crippen molar-refractivity contribution >= 4 is 33.5 Å². The van der Waals surface area contributed by atoms with E-state index in [1.165, 1.54) is 18.5 Å². The lowest BCUT2D eigenvalue weighted by Gasteiger charge is -2.09. The number of aryl methyl sites for hydroxylation is 1. The fourth-order valence-corrected chi connectivity index (χ4v) is 2.23. The molecule has 0 aliphatic carbocycles. The number of carboxylic acid groups (broad SMARTS) is 1. The van der Waals surface area contributed by atoms with Crippen molar-refractivity contribution in [2.75, 3.05) is 5.32 Å². The third-order valence-corrected chi connectivity index (χ3v) is 3.23. The molecule has 0 atom stereocenters. The standard InChI is InChI=1S/C14H11BrN2O3/c1-8-6-9(15)2-3-10(8)13(18)17-12-7-16-5-4-11(12)14(19)20/h2-7H,1H3,(H,17,18)(H,19,20). The lowest BCUT2D eigenvalue weighted by atomic mass is 10.1. The quantitative estimate of drug-likeness (QED) is 0.903. The van der Waals surface area contributed by atoms with E-state index in [1.54, 1.807) is 19.1 Å². The highest BCUT2D eigenvalue weighted by atomic mass is 79.9. The van der Waals surface area contributed by atoms with Gasteiger partial charge in [-0.2, -0.15) is 0 Å². The van der Waals surface area contributed by atoms with Crippen molar-refractivity contribution in [2.45, 2.75) is 6.92 Å². The van der Waals surface area contributed by atoms with Gasteiger partial charge in [-0.15, -0.1) is 0 Å². The number of anilines is 1. The number of nitrogens with zero attached hydrogens (tertiary/aromatic N) is 1. The molecule has 20 heavy (non-hydrogen) atoms. The molecule has 1 heterocycles. The number of carbonyl (C=O) groups excluding carboxylic acids is 1. The summed E-state index contributed by atoms with van der Waals surface area (Å²) in [6.07, 6.45) is 2.68. The van der Waals surface area contributed by atoms with Crippen LogP contribution in [-0.2, 0) is 0 Å². The summed E-state index contributed by atoms with van der Waals surface area (Å²) in [5.41, 5.74) is 1.45. The molecule has 0 saturated carbocycles. The summed E-state index contributed by atoms with van der Waals surface area (Å²) in [6.45, 7) is 1.81. The molecule has 2 rings (SSSR count). The zero-order valence-electron chi connectivity index (χ0n) is 10.6. The van der Waals surface area contributed by atoms with Gasteiger partial charge in [0.05, 0.1) is 17.4 Å². The third-order valence-electron chi connectivity index (χ3n) is 2.73. The molecule has 1 amide bonds. The van der Waals surface area contributed by atoms with Crippen molar-refractivity contribution in [3.63, 3.8) is 0 Å². The number of carbonyl (C=O) groups is 2. The Balaban J connectivity index is 2.30. The van der Waals surface area contributed by atoms with Crippen molar-refractivity contribution in [3.05, 3.63) is 57.8 Å². The number of nitrogens with one attached hydrogen (secondary N) is 1. The first-order valence-corrected chi connectivity index (χ1v) is 6.53. The highest BCUT2D eigenvalue weighted by Gasteiger charge is 2.14. The Hall–Kier alpha value is -2.21. The van der Waals surface area contributed by atoms with Crippen molar-refractivity contribution in [1.29, 1.82) is 0 Å². The Kier molecular flexibility index (Phi) is 4.14. The molecule has 0 aliphatic rings. The topological polar surface area (TPSA) is 79.3 Å². The summed E-state index contributed by atoms with van der Waals surface area (Å²) in [5, 5.41) is 11.6. The number of amides is 1. The zero-order valence-corrected chi connectivity index (χ0v) is 12.1. The maximum absolute atomic E-state index is 12.2. The summed E-state index contributed by atoms with van der Waals surface area (Å²) in [5.74, 6) is -1.49. The summed E-state index contributed by atoms with van der Waals surface area (Å²) >= 11 is 3.32. The molecule has 0 radical (unpaired) electrons. The Morgan fingerprint density at radius 3 is 2.65 bits per heavy atom. The van der Waals surface area contributed by atoms with Crippen LogP contribution in [0.25, 0.3) is 0 Å². The normalized spacial score (nSPS) is 10.1. The number of hydrogen-bond donors (Lipinski definition) is 2. The molecule has 2 aromatic rings.